The molecule has 2 fully saturated rings. The van der Waals surface area contributed by atoms with Crippen LogP contribution in [0.2, 0.25) is 4.47 Å². The number of hydrogen-bond donors (Lipinski definition) is 1. The van der Waals surface area contributed by atoms with Crippen molar-refractivity contribution in [2.24, 2.45) is 5.92 Å². The zero-order valence-electron chi connectivity index (χ0n) is 10.8. The Morgan fingerprint density at radius 3 is 2.45 bits per heavy atom. The van der Waals surface area contributed by atoms with Crippen molar-refractivity contribution in [1.29, 1.82) is 0 Å². The van der Waals surface area contributed by atoms with Crippen LogP contribution in [0.15, 0.2) is 0 Å². The van der Waals surface area contributed by atoms with Crippen molar-refractivity contribution in [3.63, 3.8) is 0 Å². The van der Waals surface area contributed by atoms with Gasteiger partial charge in [-0.1, -0.05) is 11.3 Å². The average molecular weight is 315 g/mol. The second-order valence-corrected chi connectivity index (χ2v) is 6.77. The number of piperidine rings is 1. The Hall–Kier alpha value is -1.21. The van der Waals surface area contributed by atoms with E-state index in [1.165, 1.54) is 0 Å². The predicted octanol–water partition coefficient (Wildman–Crippen LogP) is 1.32. The molecule has 0 radical (unpaired) electrons. The molecule has 3 rings (SSSR count). The van der Waals surface area contributed by atoms with E-state index in [-0.39, 0.29) is 33.2 Å². The van der Waals surface area contributed by atoms with Crippen molar-refractivity contribution in [3.8, 4) is 0 Å². The molecule has 1 aliphatic carbocycles. The molecule has 0 bridgehead atoms. The lowest BCUT2D eigenvalue weighted by Crippen LogP contribution is -2.47. The van der Waals surface area contributed by atoms with Crippen LogP contribution in [-0.4, -0.2) is 46.0 Å². The summed E-state index contributed by atoms with van der Waals surface area (Å²) in [7, 11) is 0. The molecule has 108 valence electrons. The third kappa shape index (κ3) is 3.09. The smallest absolute Gasteiger partial charge is 0.282 e. The maximum Gasteiger partial charge on any atom is 0.282 e. The van der Waals surface area contributed by atoms with Gasteiger partial charge >= 0.3 is 0 Å². The zero-order chi connectivity index (χ0) is 14.1. The van der Waals surface area contributed by atoms with Crippen LogP contribution in [0.5, 0.6) is 0 Å². The van der Waals surface area contributed by atoms with E-state index in [0.717, 1.165) is 50.1 Å². The van der Waals surface area contributed by atoms with Crippen molar-refractivity contribution in [2.45, 2.75) is 31.7 Å². The average Bonchev–Trinajstić information content (AvgIpc) is 3.20. The van der Waals surface area contributed by atoms with Crippen LogP contribution in [0, 0.1) is 5.92 Å². The van der Waals surface area contributed by atoms with E-state index in [1.807, 2.05) is 4.90 Å². The van der Waals surface area contributed by atoms with Gasteiger partial charge in [-0.15, -0.1) is 10.2 Å². The Balaban J connectivity index is 1.48. The fourth-order valence-electron chi connectivity index (χ4n) is 2.38. The highest BCUT2D eigenvalue weighted by Gasteiger charge is 2.35. The maximum atomic E-state index is 11.9. The van der Waals surface area contributed by atoms with Crippen molar-refractivity contribution in [1.82, 2.24) is 20.4 Å². The number of nitrogens with one attached hydrogen (secondary N) is 1. The van der Waals surface area contributed by atoms with Crippen LogP contribution >= 0.6 is 22.9 Å². The van der Waals surface area contributed by atoms with Gasteiger partial charge in [0, 0.05) is 25.0 Å². The molecule has 1 saturated heterocycles. The number of carbonyl (C=O) groups excluding carboxylic acids is 2. The first-order valence-electron chi connectivity index (χ1n) is 6.72. The summed E-state index contributed by atoms with van der Waals surface area (Å²) >= 11 is 6.73. The fourth-order valence-corrected chi connectivity index (χ4v) is 3.11. The first kappa shape index (κ1) is 13.8. The van der Waals surface area contributed by atoms with E-state index in [9.17, 15) is 9.59 Å². The van der Waals surface area contributed by atoms with Crippen LogP contribution < -0.4 is 5.32 Å². The second kappa shape index (κ2) is 5.65. The largest absolute Gasteiger partial charge is 0.347 e. The lowest BCUT2D eigenvalue weighted by atomic mass is 10.0. The maximum absolute atomic E-state index is 11.9. The quantitative estimate of drug-likeness (QED) is 0.913. The summed E-state index contributed by atoms with van der Waals surface area (Å²) in [5, 5.41) is 10.5. The van der Waals surface area contributed by atoms with Crippen molar-refractivity contribution in [2.75, 3.05) is 13.1 Å². The van der Waals surface area contributed by atoms with Gasteiger partial charge < -0.3 is 10.2 Å². The fraction of sp³-hybridized carbons (Fsp3) is 0.667. The number of halogens is 1. The minimum atomic E-state index is -0.235. The third-order valence-electron chi connectivity index (χ3n) is 3.66. The molecule has 0 unspecified atom stereocenters. The second-order valence-electron chi connectivity index (χ2n) is 5.21. The highest BCUT2D eigenvalue weighted by atomic mass is 35.5. The molecule has 0 spiro atoms. The standard InChI is InChI=1S/C12H15ClN4O2S/c13-12-16-15-10(20-12)9(18)14-8-3-5-17(6-4-8)11(19)7-1-2-7/h7-8H,1-6H2,(H,14,18). The predicted molar refractivity (Wildman–Crippen MR) is 74.7 cm³/mol. The van der Waals surface area contributed by atoms with E-state index >= 15 is 0 Å². The number of nitrogens with zero attached hydrogens (tertiary/aromatic N) is 3. The zero-order valence-corrected chi connectivity index (χ0v) is 12.4. The molecule has 1 aromatic rings. The van der Waals surface area contributed by atoms with Gasteiger partial charge in [-0.25, -0.2) is 0 Å². The molecule has 1 aromatic heterocycles. The summed E-state index contributed by atoms with van der Waals surface area (Å²) < 4.78 is 0.264. The molecule has 8 heteroatoms. The Morgan fingerprint density at radius 1 is 1.20 bits per heavy atom. The minimum Gasteiger partial charge on any atom is -0.347 e. The van der Waals surface area contributed by atoms with Gasteiger partial charge in [0.25, 0.3) is 5.91 Å². The van der Waals surface area contributed by atoms with Gasteiger partial charge in [-0.05, 0) is 37.3 Å². The van der Waals surface area contributed by atoms with Crippen molar-refractivity contribution < 1.29 is 9.59 Å². The normalized spacial score (nSPS) is 19.9. The molecule has 0 atom stereocenters. The molecular formula is C12H15ClN4O2S. The number of amides is 2. The molecule has 1 saturated carbocycles. The summed E-state index contributed by atoms with van der Waals surface area (Å²) in [6.45, 7) is 1.44. The molecule has 2 heterocycles. The van der Waals surface area contributed by atoms with Crippen molar-refractivity contribution >= 4 is 34.8 Å². The summed E-state index contributed by atoms with van der Waals surface area (Å²) in [6, 6.07) is 0.0911. The molecule has 6 nitrogen and oxygen atoms in total. The van der Waals surface area contributed by atoms with E-state index in [1.54, 1.807) is 0 Å². The van der Waals surface area contributed by atoms with Crippen LogP contribution in [0.1, 0.15) is 35.5 Å². The monoisotopic (exact) mass is 314 g/mol. The van der Waals surface area contributed by atoms with Gasteiger partial charge in [-0.2, -0.15) is 0 Å². The highest BCUT2D eigenvalue weighted by Crippen LogP contribution is 2.31. The van der Waals surface area contributed by atoms with E-state index < -0.39 is 0 Å². The van der Waals surface area contributed by atoms with Gasteiger partial charge in [0.15, 0.2) is 0 Å². The molecule has 2 aliphatic rings. The van der Waals surface area contributed by atoms with Crippen LogP contribution in [0.25, 0.3) is 0 Å². The summed E-state index contributed by atoms with van der Waals surface area (Å²) in [5.41, 5.74) is 0. The summed E-state index contributed by atoms with van der Waals surface area (Å²) in [6.07, 6.45) is 3.65. The lowest BCUT2D eigenvalue weighted by Gasteiger charge is -2.32. The Morgan fingerprint density at radius 2 is 1.90 bits per heavy atom. The summed E-state index contributed by atoms with van der Waals surface area (Å²) in [4.78, 5) is 25.8. The van der Waals surface area contributed by atoms with E-state index in [2.05, 4.69) is 15.5 Å². The van der Waals surface area contributed by atoms with Crippen LogP contribution in [-0.2, 0) is 4.79 Å². The topological polar surface area (TPSA) is 75.2 Å². The number of rotatable bonds is 3. The van der Waals surface area contributed by atoms with Gasteiger partial charge in [0.05, 0.1) is 0 Å². The molecule has 1 N–H and O–H groups in total. The SMILES string of the molecule is O=C(NC1CCN(C(=O)C2CC2)CC1)c1nnc(Cl)s1. The Bertz CT molecular complexity index is 523. The van der Waals surface area contributed by atoms with Gasteiger partial charge in [-0.3, -0.25) is 9.59 Å². The Kier molecular flexibility index (Phi) is 3.89. The third-order valence-corrected chi connectivity index (χ3v) is 4.68. The number of hydrogen-bond acceptors (Lipinski definition) is 5. The van der Waals surface area contributed by atoms with Gasteiger partial charge in [0.1, 0.15) is 0 Å². The number of likely N-dealkylation sites (tertiary alicyclic amines) is 1. The van der Waals surface area contributed by atoms with E-state index in [0.29, 0.717) is 0 Å². The van der Waals surface area contributed by atoms with Crippen LogP contribution in [0.4, 0.5) is 0 Å². The molecule has 20 heavy (non-hydrogen) atoms. The number of aromatic nitrogens is 2. The highest BCUT2D eigenvalue weighted by molar-refractivity contribution is 7.17. The first-order valence-corrected chi connectivity index (χ1v) is 7.91. The van der Waals surface area contributed by atoms with Crippen molar-refractivity contribution in [3.05, 3.63) is 9.47 Å². The van der Waals surface area contributed by atoms with Crippen LogP contribution in [0.3, 0.4) is 0 Å². The Labute approximate surface area is 125 Å². The minimum absolute atomic E-state index is 0.0911. The molecule has 0 aromatic carbocycles. The number of carbonyl (C=O) groups is 2. The molecule has 2 amide bonds. The summed E-state index contributed by atoms with van der Waals surface area (Å²) in [5.74, 6) is 0.316. The lowest BCUT2D eigenvalue weighted by molar-refractivity contribution is -0.133. The first-order chi connectivity index (χ1) is 9.63. The van der Waals surface area contributed by atoms with E-state index in [4.69, 9.17) is 11.6 Å². The van der Waals surface area contributed by atoms with Gasteiger partial charge in [0.2, 0.25) is 15.4 Å². The molecule has 1 aliphatic heterocycles. The molecular weight excluding hydrogens is 300 g/mol.